The van der Waals surface area contributed by atoms with Crippen LogP contribution in [0, 0.1) is 0 Å². The molecule has 2 heteroatoms. The molecule has 0 atom stereocenters. The lowest BCUT2D eigenvalue weighted by Crippen LogP contribution is -2.05. The number of unbranched alkanes of at least 4 members (excludes halogenated alkanes) is 3. The molecule has 0 aromatic heterocycles. The van der Waals surface area contributed by atoms with Crippen molar-refractivity contribution in [2.45, 2.75) is 52.4 Å². The van der Waals surface area contributed by atoms with E-state index in [0.29, 0.717) is 12.8 Å². The molecule has 0 heterocycles. The average molecular weight is 248 g/mol. The van der Waals surface area contributed by atoms with E-state index in [-0.39, 0.29) is 5.78 Å². The summed E-state index contributed by atoms with van der Waals surface area (Å²) in [5.41, 5.74) is 1.01. The van der Waals surface area contributed by atoms with E-state index in [4.69, 9.17) is 4.74 Å². The first-order valence-electron chi connectivity index (χ1n) is 7.00. The lowest BCUT2D eigenvalue weighted by atomic mass is 10.1. The van der Waals surface area contributed by atoms with E-state index in [2.05, 4.69) is 6.92 Å². The second-order valence-corrected chi connectivity index (χ2v) is 4.59. The molecule has 2 nitrogen and oxygen atoms in total. The Morgan fingerprint density at radius 2 is 1.89 bits per heavy atom. The maximum Gasteiger partial charge on any atom is 0.137 e. The van der Waals surface area contributed by atoms with Crippen LogP contribution in [0.15, 0.2) is 24.3 Å². The Bertz CT molecular complexity index is 358. The van der Waals surface area contributed by atoms with Gasteiger partial charge in [0.1, 0.15) is 11.5 Å². The minimum Gasteiger partial charge on any atom is -0.493 e. The standard InChI is InChI=1S/C16H24O2/c1-3-5-6-9-12-18-16-11-8-7-10-14(16)13-15(17)4-2/h7-8,10-11H,3-6,9,12-13H2,1-2H3. The van der Waals surface area contributed by atoms with Crippen molar-refractivity contribution < 1.29 is 9.53 Å². The quantitative estimate of drug-likeness (QED) is 0.613. The van der Waals surface area contributed by atoms with Crippen molar-refractivity contribution in [3.8, 4) is 5.75 Å². The molecule has 0 saturated carbocycles. The van der Waals surface area contributed by atoms with Crippen LogP contribution in [0.2, 0.25) is 0 Å². The molecule has 0 N–H and O–H groups in total. The molecule has 18 heavy (non-hydrogen) atoms. The van der Waals surface area contributed by atoms with E-state index in [1.807, 2.05) is 31.2 Å². The van der Waals surface area contributed by atoms with Gasteiger partial charge in [-0.2, -0.15) is 0 Å². The average Bonchev–Trinajstić information content (AvgIpc) is 2.40. The molecule has 0 spiro atoms. The molecule has 0 aliphatic carbocycles. The summed E-state index contributed by atoms with van der Waals surface area (Å²) >= 11 is 0. The molecule has 1 rings (SSSR count). The molecule has 1 aromatic rings. The van der Waals surface area contributed by atoms with Crippen LogP contribution in [0.5, 0.6) is 5.75 Å². The van der Waals surface area contributed by atoms with E-state index >= 15 is 0 Å². The van der Waals surface area contributed by atoms with E-state index in [1.165, 1.54) is 19.3 Å². The number of Topliss-reactive ketones (excluding diaryl/α,β-unsaturated/α-hetero) is 1. The van der Waals surface area contributed by atoms with Crippen LogP contribution >= 0.6 is 0 Å². The Morgan fingerprint density at radius 3 is 2.61 bits per heavy atom. The summed E-state index contributed by atoms with van der Waals surface area (Å²) in [4.78, 5) is 11.5. The number of hydrogen-bond donors (Lipinski definition) is 0. The van der Waals surface area contributed by atoms with Gasteiger partial charge in [0.25, 0.3) is 0 Å². The van der Waals surface area contributed by atoms with Gasteiger partial charge in [-0.1, -0.05) is 51.3 Å². The fourth-order valence-corrected chi connectivity index (χ4v) is 1.84. The minimum absolute atomic E-state index is 0.261. The molecule has 0 aliphatic heterocycles. The summed E-state index contributed by atoms with van der Waals surface area (Å²) in [7, 11) is 0. The van der Waals surface area contributed by atoms with Crippen molar-refractivity contribution in [2.24, 2.45) is 0 Å². The van der Waals surface area contributed by atoms with Crippen LogP contribution in [0.4, 0.5) is 0 Å². The largest absolute Gasteiger partial charge is 0.493 e. The van der Waals surface area contributed by atoms with Crippen LogP contribution in [0.3, 0.4) is 0 Å². The monoisotopic (exact) mass is 248 g/mol. The lowest BCUT2D eigenvalue weighted by Gasteiger charge is -2.10. The number of hydrogen-bond acceptors (Lipinski definition) is 2. The molecule has 0 amide bonds. The van der Waals surface area contributed by atoms with Crippen molar-refractivity contribution in [3.05, 3.63) is 29.8 Å². The van der Waals surface area contributed by atoms with Crippen LogP contribution in [0.1, 0.15) is 51.5 Å². The highest BCUT2D eigenvalue weighted by Crippen LogP contribution is 2.19. The van der Waals surface area contributed by atoms with Gasteiger partial charge in [-0.25, -0.2) is 0 Å². The first-order valence-corrected chi connectivity index (χ1v) is 7.00. The summed E-state index contributed by atoms with van der Waals surface area (Å²) in [5, 5.41) is 0. The highest BCUT2D eigenvalue weighted by molar-refractivity contribution is 5.81. The normalized spacial score (nSPS) is 10.3. The zero-order valence-electron chi connectivity index (χ0n) is 11.6. The molecule has 1 aromatic carbocycles. The molecule has 0 aliphatic rings. The number of ketones is 1. The second kappa shape index (κ2) is 8.73. The summed E-state index contributed by atoms with van der Waals surface area (Å²) in [5.74, 6) is 1.13. The Labute approximate surface area is 110 Å². The zero-order valence-corrected chi connectivity index (χ0v) is 11.6. The van der Waals surface area contributed by atoms with Gasteiger partial charge in [-0.3, -0.25) is 4.79 Å². The minimum atomic E-state index is 0.261. The molecular weight excluding hydrogens is 224 g/mol. The number of benzene rings is 1. The number of ether oxygens (including phenoxy) is 1. The van der Waals surface area contributed by atoms with E-state index in [0.717, 1.165) is 24.3 Å². The highest BCUT2D eigenvalue weighted by atomic mass is 16.5. The Morgan fingerprint density at radius 1 is 1.11 bits per heavy atom. The van der Waals surface area contributed by atoms with E-state index < -0.39 is 0 Å². The van der Waals surface area contributed by atoms with Crippen molar-refractivity contribution in [2.75, 3.05) is 6.61 Å². The van der Waals surface area contributed by atoms with Gasteiger partial charge in [0.2, 0.25) is 0 Å². The highest BCUT2D eigenvalue weighted by Gasteiger charge is 2.06. The summed E-state index contributed by atoms with van der Waals surface area (Å²) < 4.78 is 5.78. The predicted molar refractivity (Wildman–Crippen MR) is 75.1 cm³/mol. The van der Waals surface area contributed by atoms with Crippen LogP contribution in [-0.2, 0) is 11.2 Å². The first-order chi connectivity index (χ1) is 8.77. The third-order valence-electron chi connectivity index (χ3n) is 3.01. The van der Waals surface area contributed by atoms with Gasteiger partial charge in [0.15, 0.2) is 0 Å². The lowest BCUT2D eigenvalue weighted by molar-refractivity contribution is -0.118. The van der Waals surface area contributed by atoms with Crippen LogP contribution in [-0.4, -0.2) is 12.4 Å². The second-order valence-electron chi connectivity index (χ2n) is 4.59. The smallest absolute Gasteiger partial charge is 0.137 e. The molecule has 0 fully saturated rings. The summed E-state index contributed by atoms with van der Waals surface area (Å²) in [6.07, 6.45) is 5.88. The maximum absolute atomic E-state index is 11.5. The van der Waals surface area contributed by atoms with E-state index in [9.17, 15) is 4.79 Å². The van der Waals surface area contributed by atoms with Crippen LogP contribution in [0.25, 0.3) is 0 Å². The summed E-state index contributed by atoms with van der Waals surface area (Å²) in [6.45, 7) is 4.85. The number of para-hydroxylation sites is 1. The van der Waals surface area contributed by atoms with Crippen molar-refractivity contribution in [1.29, 1.82) is 0 Å². The third kappa shape index (κ3) is 5.35. The van der Waals surface area contributed by atoms with Gasteiger partial charge in [0, 0.05) is 18.4 Å². The molecular formula is C16H24O2. The Hall–Kier alpha value is -1.31. The molecule has 0 bridgehead atoms. The Kier molecular flexibility index (Phi) is 7.16. The van der Waals surface area contributed by atoms with Gasteiger partial charge in [-0.05, 0) is 12.5 Å². The van der Waals surface area contributed by atoms with Gasteiger partial charge in [-0.15, -0.1) is 0 Å². The van der Waals surface area contributed by atoms with Gasteiger partial charge >= 0.3 is 0 Å². The van der Waals surface area contributed by atoms with Crippen molar-refractivity contribution in [1.82, 2.24) is 0 Å². The molecule has 0 radical (unpaired) electrons. The number of carbonyl (C=O) groups excluding carboxylic acids is 1. The third-order valence-corrected chi connectivity index (χ3v) is 3.01. The molecule has 100 valence electrons. The fourth-order valence-electron chi connectivity index (χ4n) is 1.84. The topological polar surface area (TPSA) is 26.3 Å². The van der Waals surface area contributed by atoms with Gasteiger partial charge < -0.3 is 4.74 Å². The first kappa shape index (κ1) is 14.7. The molecule has 0 saturated heterocycles. The van der Waals surface area contributed by atoms with Crippen LogP contribution < -0.4 is 4.74 Å². The predicted octanol–water partition coefficient (Wildman–Crippen LogP) is 4.17. The zero-order chi connectivity index (χ0) is 13.2. The summed E-state index contributed by atoms with van der Waals surface area (Å²) in [6, 6.07) is 7.86. The molecule has 0 unspecified atom stereocenters. The van der Waals surface area contributed by atoms with Crippen molar-refractivity contribution in [3.63, 3.8) is 0 Å². The van der Waals surface area contributed by atoms with Gasteiger partial charge in [0.05, 0.1) is 6.61 Å². The van der Waals surface area contributed by atoms with Crippen molar-refractivity contribution >= 4 is 5.78 Å². The SMILES string of the molecule is CCCCCCOc1ccccc1CC(=O)CC. The Balaban J connectivity index is 2.46. The fraction of sp³-hybridized carbons (Fsp3) is 0.562. The number of carbonyl (C=O) groups is 1. The maximum atomic E-state index is 11.5. The number of rotatable bonds is 9. The van der Waals surface area contributed by atoms with E-state index in [1.54, 1.807) is 0 Å².